The minimum Gasteiger partial charge on any atom is -0.355 e. The summed E-state index contributed by atoms with van der Waals surface area (Å²) >= 11 is 7.14. The van der Waals surface area contributed by atoms with Gasteiger partial charge < -0.3 is 9.42 Å². The highest BCUT2D eigenvalue weighted by atomic mass is 35.5. The third-order valence-electron chi connectivity index (χ3n) is 5.54. The monoisotopic (exact) mass is 519 g/mol. The fourth-order valence-electron chi connectivity index (χ4n) is 3.55. The van der Waals surface area contributed by atoms with Crippen LogP contribution in [0.25, 0.3) is 22.0 Å². The number of aromatic nitrogens is 3. The van der Waals surface area contributed by atoms with Crippen molar-refractivity contribution >= 4 is 28.8 Å². The first-order chi connectivity index (χ1) is 15.7. The Hall–Kier alpha value is -2.98. The zero-order chi connectivity index (χ0) is 25.2. The van der Waals surface area contributed by atoms with Crippen molar-refractivity contribution in [3.63, 3.8) is 0 Å². The summed E-state index contributed by atoms with van der Waals surface area (Å²) in [5, 5.41) is 16.3. The van der Waals surface area contributed by atoms with Gasteiger partial charge in [0.15, 0.2) is 5.76 Å². The van der Waals surface area contributed by atoms with Crippen LogP contribution in [0.4, 0.5) is 22.0 Å². The van der Waals surface area contributed by atoms with E-state index in [0.29, 0.717) is 24.4 Å². The SMILES string of the molecule is CN(C(=O)c1cc(-c2cc(-c3c(C(F)(F)F)c(C(C)(F)F)nn3C)no2)sc1Cl)C1(C#N)CC1. The Labute approximate surface area is 198 Å². The van der Waals surface area contributed by atoms with Crippen LogP contribution in [0.5, 0.6) is 0 Å². The predicted octanol–water partition coefficient (Wildman–Crippen LogP) is 5.72. The molecule has 1 fully saturated rings. The lowest BCUT2D eigenvalue weighted by atomic mass is 10.1. The van der Waals surface area contributed by atoms with Gasteiger partial charge in [0.25, 0.3) is 11.8 Å². The maximum absolute atomic E-state index is 13.8. The summed E-state index contributed by atoms with van der Waals surface area (Å²) < 4.78 is 74.7. The van der Waals surface area contributed by atoms with Crippen LogP contribution in [-0.4, -0.2) is 38.3 Å². The number of hydrogen-bond donors (Lipinski definition) is 0. The molecule has 0 aromatic carbocycles. The Morgan fingerprint density at radius 1 is 1.32 bits per heavy atom. The molecule has 0 spiro atoms. The summed E-state index contributed by atoms with van der Waals surface area (Å²) in [5.74, 6) is -4.37. The second kappa shape index (κ2) is 7.78. The van der Waals surface area contributed by atoms with Crippen LogP contribution >= 0.6 is 22.9 Å². The number of thiophene rings is 1. The van der Waals surface area contributed by atoms with Crippen molar-refractivity contribution in [2.24, 2.45) is 7.05 Å². The number of nitrogens with zero attached hydrogens (tertiary/aromatic N) is 5. The van der Waals surface area contributed by atoms with Crippen molar-refractivity contribution in [2.45, 2.75) is 37.4 Å². The van der Waals surface area contributed by atoms with Crippen molar-refractivity contribution in [2.75, 3.05) is 7.05 Å². The van der Waals surface area contributed by atoms with Gasteiger partial charge in [-0.1, -0.05) is 16.8 Å². The van der Waals surface area contributed by atoms with Crippen LogP contribution in [0.15, 0.2) is 16.7 Å². The van der Waals surface area contributed by atoms with E-state index in [2.05, 4.69) is 16.3 Å². The molecule has 0 radical (unpaired) electrons. The number of carbonyl (C=O) groups excluding carboxylic acids is 1. The fourth-order valence-corrected chi connectivity index (χ4v) is 4.76. The maximum atomic E-state index is 13.8. The number of nitriles is 1. The number of rotatable bonds is 5. The molecule has 0 atom stereocenters. The molecule has 1 amide bonds. The Balaban J connectivity index is 1.73. The van der Waals surface area contributed by atoms with Gasteiger partial charge in [0.2, 0.25) is 0 Å². The van der Waals surface area contributed by atoms with E-state index in [0.717, 1.165) is 24.5 Å². The number of hydrogen-bond acceptors (Lipinski definition) is 6. The van der Waals surface area contributed by atoms with Gasteiger partial charge in [0, 0.05) is 27.1 Å². The minimum absolute atomic E-state index is 0.0239. The summed E-state index contributed by atoms with van der Waals surface area (Å²) in [6, 6.07) is 4.61. The summed E-state index contributed by atoms with van der Waals surface area (Å²) in [6.45, 7) is 0.323. The summed E-state index contributed by atoms with van der Waals surface area (Å²) in [6.07, 6.45) is -4.05. The lowest BCUT2D eigenvalue weighted by Crippen LogP contribution is -2.37. The normalized spacial score (nSPS) is 15.3. The largest absolute Gasteiger partial charge is 0.420 e. The molecule has 180 valence electrons. The van der Waals surface area contributed by atoms with Gasteiger partial charge >= 0.3 is 6.18 Å². The van der Waals surface area contributed by atoms with Gasteiger partial charge in [0.05, 0.1) is 16.5 Å². The molecule has 3 aromatic heterocycles. The van der Waals surface area contributed by atoms with Crippen molar-refractivity contribution in [1.82, 2.24) is 19.8 Å². The molecule has 0 saturated heterocycles. The molecular weight excluding hydrogens is 505 g/mol. The Kier molecular flexibility index (Phi) is 5.52. The summed E-state index contributed by atoms with van der Waals surface area (Å²) in [7, 11) is 2.58. The first-order valence-electron chi connectivity index (χ1n) is 9.68. The van der Waals surface area contributed by atoms with Crippen molar-refractivity contribution in [3.8, 4) is 28.1 Å². The van der Waals surface area contributed by atoms with Crippen LogP contribution in [0.2, 0.25) is 4.34 Å². The molecule has 0 bridgehead atoms. The molecule has 1 saturated carbocycles. The van der Waals surface area contributed by atoms with E-state index in [1.165, 1.54) is 18.0 Å². The van der Waals surface area contributed by atoms with Crippen LogP contribution in [-0.2, 0) is 19.1 Å². The molecule has 4 rings (SSSR count). The van der Waals surface area contributed by atoms with E-state index in [1.54, 1.807) is 0 Å². The number of alkyl halides is 5. The molecule has 1 aliphatic rings. The van der Waals surface area contributed by atoms with Crippen LogP contribution in [0.3, 0.4) is 0 Å². The minimum atomic E-state index is -5.13. The topological polar surface area (TPSA) is 87.9 Å². The molecule has 14 heteroatoms. The van der Waals surface area contributed by atoms with Crippen LogP contribution < -0.4 is 0 Å². The third-order valence-corrected chi connectivity index (χ3v) is 6.91. The molecule has 3 aromatic rings. The molecule has 0 N–H and O–H groups in total. The second-order valence-electron chi connectivity index (χ2n) is 7.96. The van der Waals surface area contributed by atoms with Crippen LogP contribution in [0.1, 0.15) is 41.4 Å². The summed E-state index contributed by atoms with van der Waals surface area (Å²) in [4.78, 5) is 14.4. The Morgan fingerprint density at radius 2 is 1.97 bits per heavy atom. The first kappa shape index (κ1) is 24.2. The molecule has 34 heavy (non-hydrogen) atoms. The molecule has 0 unspecified atom stereocenters. The zero-order valence-corrected chi connectivity index (χ0v) is 19.4. The van der Waals surface area contributed by atoms with Gasteiger partial charge in [-0.2, -0.15) is 32.3 Å². The third kappa shape index (κ3) is 3.94. The van der Waals surface area contributed by atoms with Gasteiger partial charge in [-0.05, 0) is 18.9 Å². The molecule has 3 heterocycles. The number of carbonyl (C=O) groups is 1. The van der Waals surface area contributed by atoms with E-state index < -0.39 is 40.5 Å². The smallest absolute Gasteiger partial charge is 0.355 e. The maximum Gasteiger partial charge on any atom is 0.420 e. The molecule has 7 nitrogen and oxygen atoms in total. The average Bonchev–Trinajstić information content (AvgIpc) is 3.04. The Morgan fingerprint density at radius 3 is 2.50 bits per heavy atom. The van der Waals surface area contributed by atoms with E-state index in [4.69, 9.17) is 16.1 Å². The van der Waals surface area contributed by atoms with Crippen molar-refractivity contribution in [1.29, 1.82) is 5.26 Å². The Bertz CT molecular complexity index is 1330. The zero-order valence-electron chi connectivity index (χ0n) is 17.8. The standard InChI is InChI=1S/C20H15ClF5N5O2S/c1-18(22,23)15-13(20(24,25)26)14(31(3)28-15)10-7-11(33-29-10)12-6-9(16(21)34-12)17(32)30(2)19(8-27)4-5-19/h6-7H,4-5H2,1-3H3. The van der Waals surface area contributed by atoms with Gasteiger partial charge in [0.1, 0.15) is 32.5 Å². The van der Waals surface area contributed by atoms with Crippen LogP contribution in [0, 0.1) is 11.3 Å². The van der Waals surface area contributed by atoms with E-state index >= 15 is 0 Å². The van der Waals surface area contributed by atoms with Crippen molar-refractivity contribution < 1.29 is 31.3 Å². The van der Waals surface area contributed by atoms with E-state index in [9.17, 15) is 32.0 Å². The number of halogens is 6. The highest BCUT2D eigenvalue weighted by molar-refractivity contribution is 7.19. The lowest BCUT2D eigenvalue weighted by Gasteiger charge is -2.21. The highest BCUT2D eigenvalue weighted by Crippen LogP contribution is 2.46. The quantitative estimate of drug-likeness (QED) is 0.403. The highest BCUT2D eigenvalue weighted by Gasteiger charge is 2.50. The number of aryl methyl sites for hydroxylation is 1. The fraction of sp³-hybridized carbons (Fsp3) is 0.400. The first-order valence-corrected chi connectivity index (χ1v) is 10.9. The number of amides is 1. The van der Waals surface area contributed by atoms with Crippen molar-refractivity contribution in [3.05, 3.63) is 33.3 Å². The molecule has 0 aliphatic heterocycles. The predicted molar refractivity (Wildman–Crippen MR) is 111 cm³/mol. The lowest BCUT2D eigenvalue weighted by molar-refractivity contribution is -0.141. The molecule has 1 aliphatic carbocycles. The van der Waals surface area contributed by atoms with E-state index in [-0.39, 0.29) is 26.2 Å². The van der Waals surface area contributed by atoms with Gasteiger partial charge in [-0.25, -0.2) is 0 Å². The van der Waals surface area contributed by atoms with Gasteiger partial charge in [-0.3, -0.25) is 9.48 Å². The van der Waals surface area contributed by atoms with E-state index in [1.807, 2.05) is 0 Å². The average molecular weight is 520 g/mol. The summed E-state index contributed by atoms with van der Waals surface area (Å²) in [5.41, 5.74) is -4.90. The molecular formula is C20H15ClF5N5O2S. The van der Waals surface area contributed by atoms with Gasteiger partial charge in [-0.15, -0.1) is 11.3 Å². The second-order valence-corrected chi connectivity index (χ2v) is 9.62.